The highest BCUT2D eigenvalue weighted by molar-refractivity contribution is 7.59. The molecule has 9 heteroatoms. The van der Waals surface area contributed by atoms with Crippen LogP contribution in [-0.2, 0) is 9.36 Å². The zero-order chi connectivity index (χ0) is 23.5. The van der Waals surface area contributed by atoms with Crippen molar-refractivity contribution < 1.29 is 28.5 Å². The zero-order valence-corrected chi connectivity index (χ0v) is 19.2. The Balaban J connectivity index is 2.10. The highest BCUT2D eigenvalue weighted by atomic mass is 31.2. The lowest BCUT2D eigenvalue weighted by Gasteiger charge is -2.42. The van der Waals surface area contributed by atoms with Gasteiger partial charge in [0.15, 0.2) is 0 Å². The van der Waals surface area contributed by atoms with Gasteiger partial charge in [0.25, 0.3) is 0 Å². The molecular formula is C23H30FN2O5P. The standard InChI is InChI=1S/C23H30FN2O5P/c1-3-15(13-25)22(26-10-11-32(29,30)21(14-26)23(27)28)19-9-6-17(24)12-20(19)16-4-7-18(31-2)8-5-16/h4-9,12,15,21-22H,3,10-11,13-14,25H2,1-2H3,(H,27,28)(H,29,30)/t15-,21?,22?/m0/s1. The summed E-state index contributed by atoms with van der Waals surface area (Å²) >= 11 is 0. The van der Waals surface area contributed by atoms with E-state index in [1.54, 1.807) is 25.3 Å². The van der Waals surface area contributed by atoms with Gasteiger partial charge in [-0.2, -0.15) is 0 Å². The van der Waals surface area contributed by atoms with Crippen molar-refractivity contribution in [1.82, 2.24) is 4.90 Å². The number of nitrogens with two attached hydrogens (primary N) is 1. The molecule has 4 atom stereocenters. The minimum Gasteiger partial charge on any atom is -0.497 e. The predicted octanol–water partition coefficient (Wildman–Crippen LogP) is 3.57. The summed E-state index contributed by atoms with van der Waals surface area (Å²) in [5, 5.41) is 9.57. The monoisotopic (exact) mass is 464 g/mol. The number of hydrogen-bond acceptors (Lipinski definition) is 5. The van der Waals surface area contributed by atoms with Crippen molar-refractivity contribution in [1.29, 1.82) is 0 Å². The van der Waals surface area contributed by atoms with E-state index in [0.29, 0.717) is 24.3 Å². The normalized spacial score (nSPS) is 23.5. The van der Waals surface area contributed by atoms with Gasteiger partial charge in [-0.1, -0.05) is 31.5 Å². The smallest absolute Gasteiger partial charge is 0.317 e. The van der Waals surface area contributed by atoms with E-state index in [0.717, 1.165) is 11.1 Å². The number of methoxy groups -OCH3 is 1. The van der Waals surface area contributed by atoms with Crippen molar-refractivity contribution >= 4 is 13.3 Å². The number of aliphatic carboxylic acids is 1. The van der Waals surface area contributed by atoms with Crippen LogP contribution in [0.15, 0.2) is 42.5 Å². The molecule has 0 saturated carbocycles. The molecule has 0 aliphatic carbocycles. The molecule has 1 fully saturated rings. The number of nitrogens with zero attached hydrogens (tertiary/aromatic N) is 1. The molecule has 7 nitrogen and oxygen atoms in total. The molecule has 2 aromatic rings. The Hall–Kier alpha value is -2.25. The van der Waals surface area contributed by atoms with Gasteiger partial charge < -0.3 is 20.5 Å². The first-order valence-corrected chi connectivity index (χ1v) is 12.6. The Morgan fingerprint density at radius 3 is 2.56 bits per heavy atom. The molecule has 0 bridgehead atoms. The summed E-state index contributed by atoms with van der Waals surface area (Å²) in [6.07, 6.45) is 0.603. The highest BCUT2D eigenvalue weighted by Crippen LogP contribution is 2.51. The number of rotatable bonds is 8. The van der Waals surface area contributed by atoms with Crippen LogP contribution < -0.4 is 10.5 Å². The summed E-state index contributed by atoms with van der Waals surface area (Å²) < 4.78 is 32.0. The van der Waals surface area contributed by atoms with E-state index in [4.69, 9.17) is 10.5 Å². The predicted molar refractivity (Wildman–Crippen MR) is 122 cm³/mol. The van der Waals surface area contributed by atoms with Crippen molar-refractivity contribution in [2.75, 3.05) is 32.9 Å². The first kappa shape index (κ1) is 24.4. The van der Waals surface area contributed by atoms with Gasteiger partial charge in [-0.25, -0.2) is 4.39 Å². The topological polar surface area (TPSA) is 113 Å². The van der Waals surface area contributed by atoms with Gasteiger partial charge >= 0.3 is 5.97 Å². The Morgan fingerprint density at radius 2 is 2.00 bits per heavy atom. The van der Waals surface area contributed by atoms with Crippen LogP contribution >= 0.6 is 7.37 Å². The van der Waals surface area contributed by atoms with Crippen LogP contribution in [0.1, 0.15) is 24.9 Å². The molecule has 174 valence electrons. The van der Waals surface area contributed by atoms with E-state index < -0.39 is 19.0 Å². The minimum atomic E-state index is -3.80. The van der Waals surface area contributed by atoms with E-state index in [9.17, 15) is 23.7 Å². The summed E-state index contributed by atoms with van der Waals surface area (Å²) in [6.45, 7) is 2.53. The van der Waals surface area contributed by atoms with Gasteiger partial charge in [-0.05, 0) is 53.4 Å². The van der Waals surface area contributed by atoms with Crippen LogP contribution in [0.3, 0.4) is 0 Å². The molecule has 0 aromatic heterocycles. The summed E-state index contributed by atoms with van der Waals surface area (Å²) in [5.41, 5.74) is 7.01. The Labute approximate surface area is 187 Å². The molecule has 4 N–H and O–H groups in total. The number of halogens is 1. The maximum atomic E-state index is 14.3. The van der Waals surface area contributed by atoms with Crippen molar-refractivity contribution in [2.45, 2.75) is 25.0 Å². The van der Waals surface area contributed by atoms with E-state index >= 15 is 0 Å². The van der Waals surface area contributed by atoms with Gasteiger partial charge in [0.2, 0.25) is 7.37 Å². The quantitative estimate of drug-likeness (QED) is 0.512. The zero-order valence-electron chi connectivity index (χ0n) is 18.3. The third-order valence-electron chi connectivity index (χ3n) is 6.29. The lowest BCUT2D eigenvalue weighted by molar-refractivity contribution is -0.137. The molecule has 1 aliphatic rings. The number of hydrogen-bond donors (Lipinski definition) is 3. The van der Waals surface area contributed by atoms with Crippen molar-refractivity contribution in [3.05, 3.63) is 53.8 Å². The fourth-order valence-electron chi connectivity index (χ4n) is 4.45. The van der Waals surface area contributed by atoms with Crippen LogP contribution in [0, 0.1) is 11.7 Å². The molecule has 1 aliphatic heterocycles. The summed E-state index contributed by atoms with van der Waals surface area (Å²) in [4.78, 5) is 23.9. The molecule has 3 unspecified atom stereocenters. The minimum absolute atomic E-state index is 0.0527. The SMILES string of the molecule is CC[C@@H](CN)C(c1ccc(F)cc1-c1ccc(OC)cc1)N1CCP(=O)(O)C(C(=O)O)C1. The average molecular weight is 464 g/mol. The van der Waals surface area contributed by atoms with Gasteiger partial charge in [0.1, 0.15) is 17.2 Å². The van der Waals surface area contributed by atoms with E-state index in [-0.39, 0.29) is 37.0 Å². The maximum Gasteiger partial charge on any atom is 0.317 e. The van der Waals surface area contributed by atoms with Gasteiger partial charge in [-0.3, -0.25) is 14.3 Å². The second-order valence-electron chi connectivity index (χ2n) is 8.14. The number of carboxylic acids is 1. The Kier molecular flexibility index (Phi) is 7.72. The number of benzene rings is 2. The van der Waals surface area contributed by atoms with Crippen LogP contribution in [0.4, 0.5) is 4.39 Å². The fourth-order valence-corrected chi connectivity index (χ4v) is 6.11. The number of carboxylic acid groups (broad SMARTS) is 1. The Morgan fingerprint density at radius 1 is 1.31 bits per heavy atom. The second kappa shape index (κ2) is 10.1. The average Bonchev–Trinajstić information content (AvgIpc) is 2.78. The van der Waals surface area contributed by atoms with Gasteiger partial charge in [0.05, 0.1) is 7.11 Å². The lowest BCUT2D eigenvalue weighted by Crippen LogP contribution is -2.48. The first-order chi connectivity index (χ1) is 15.2. The summed E-state index contributed by atoms with van der Waals surface area (Å²) in [6, 6.07) is 11.5. The molecule has 32 heavy (non-hydrogen) atoms. The molecule has 0 radical (unpaired) electrons. The van der Waals surface area contributed by atoms with Crippen LogP contribution in [-0.4, -0.2) is 59.4 Å². The maximum absolute atomic E-state index is 14.3. The lowest BCUT2D eigenvalue weighted by atomic mass is 9.84. The summed E-state index contributed by atoms with van der Waals surface area (Å²) in [7, 11) is -2.23. The van der Waals surface area contributed by atoms with Crippen LogP contribution in [0.5, 0.6) is 5.75 Å². The summed E-state index contributed by atoms with van der Waals surface area (Å²) in [5.74, 6) is -1.05. The van der Waals surface area contributed by atoms with E-state index in [2.05, 4.69) is 0 Å². The molecule has 1 heterocycles. The van der Waals surface area contributed by atoms with Crippen molar-refractivity contribution in [2.24, 2.45) is 11.7 Å². The molecule has 1 saturated heterocycles. The third-order valence-corrected chi connectivity index (χ3v) is 8.49. The first-order valence-electron chi connectivity index (χ1n) is 10.6. The molecule has 3 rings (SSSR count). The third kappa shape index (κ3) is 5.04. The molecule has 0 amide bonds. The van der Waals surface area contributed by atoms with Crippen molar-refractivity contribution in [3.8, 4) is 16.9 Å². The van der Waals surface area contributed by atoms with E-state index in [1.165, 1.54) is 12.1 Å². The highest BCUT2D eigenvalue weighted by Gasteiger charge is 2.45. The number of carbonyl (C=O) groups is 1. The second-order valence-corrected chi connectivity index (χ2v) is 10.7. The van der Waals surface area contributed by atoms with E-state index in [1.807, 2.05) is 24.0 Å². The van der Waals surface area contributed by atoms with Crippen LogP contribution in [0.25, 0.3) is 11.1 Å². The molecular weight excluding hydrogens is 434 g/mol. The van der Waals surface area contributed by atoms with Crippen LogP contribution in [0.2, 0.25) is 0 Å². The molecule has 2 aromatic carbocycles. The largest absolute Gasteiger partial charge is 0.497 e. The fraction of sp³-hybridized carbons (Fsp3) is 0.435. The van der Waals surface area contributed by atoms with Gasteiger partial charge in [-0.15, -0.1) is 0 Å². The Bertz CT molecular complexity index is 996. The number of ether oxygens (including phenoxy) is 1. The van der Waals surface area contributed by atoms with Crippen molar-refractivity contribution in [3.63, 3.8) is 0 Å². The molecule has 0 spiro atoms. The van der Waals surface area contributed by atoms with Gasteiger partial charge in [0, 0.05) is 25.3 Å².